The van der Waals surface area contributed by atoms with Gasteiger partial charge in [-0.1, -0.05) is 25.1 Å². The summed E-state index contributed by atoms with van der Waals surface area (Å²) in [5, 5.41) is -1.41. The summed E-state index contributed by atoms with van der Waals surface area (Å²) in [6.07, 6.45) is 1.54. The van der Waals surface area contributed by atoms with E-state index in [0.29, 0.717) is 18.8 Å². The van der Waals surface area contributed by atoms with E-state index in [-0.39, 0.29) is 11.4 Å². The molecule has 12 heteroatoms. The highest BCUT2D eigenvalue weighted by atomic mass is 32.2. The number of para-hydroxylation sites is 1. The van der Waals surface area contributed by atoms with Crippen LogP contribution in [0, 0.1) is 0 Å². The van der Waals surface area contributed by atoms with Crippen LogP contribution < -0.4 is 14.2 Å². The standard InChI is InChI=1S/C18H19N3O7S2/c1-3-11-27-14-9-10-15-19-16(29(2,23)24)17(21(15)12-14)30(25,26)20-18(22)28-13-7-5-4-6-8-13/h4-10,12H,3,11H2,1-2H3,(H,20,22). The largest absolute Gasteiger partial charge is 0.492 e. The average molecular weight is 453 g/mol. The molecule has 0 saturated heterocycles. The van der Waals surface area contributed by atoms with Crippen molar-refractivity contribution in [2.24, 2.45) is 0 Å². The first-order valence-corrected chi connectivity index (χ1v) is 12.1. The molecule has 0 saturated carbocycles. The monoisotopic (exact) mass is 453 g/mol. The third-order valence-corrected chi connectivity index (χ3v) is 6.22. The Bertz CT molecular complexity index is 1280. The summed E-state index contributed by atoms with van der Waals surface area (Å²) in [6, 6.07) is 10.8. The highest BCUT2D eigenvalue weighted by molar-refractivity contribution is 7.93. The van der Waals surface area contributed by atoms with Crippen LogP contribution in [-0.4, -0.2) is 45.2 Å². The maximum absolute atomic E-state index is 12.9. The second-order valence-electron chi connectivity index (χ2n) is 6.24. The lowest BCUT2D eigenvalue weighted by Crippen LogP contribution is -2.34. The minimum Gasteiger partial charge on any atom is -0.492 e. The molecule has 10 nitrogen and oxygen atoms in total. The minimum atomic E-state index is -4.67. The van der Waals surface area contributed by atoms with Crippen LogP contribution >= 0.6 is 0 Å². The predicted octanol–water partition coefficient (Wildman–Crippen LogP) is 2.00. The Balaban J connectivity index is 2.05. The number of rotatable bonds is 7. The maximum Gasteiger partial charge on any atom is 0.426 e. The summed E-state index contributed by atoms with van der Waals surface area (Å²) in [6.45, 7) is 2.28. The molecule has 2 aromatic heterocycles. The molecule has 0 aliphatic rings. The average Bonchev–Trinajstić information content (AvgIpc) is 3.07. The zero-order valence-corrected chi connectivity index (χ0v) is 17.7. The number of carbonyl (C=O) groups is 1. The van der Waals surface area contributed by atoms with Gasteiger partial charge in [0.15, 0.2) is 19.9 Å². The van der Waals surface area contributed by atoms with E-state index in [1.807, 2.05) is 6.92 Å². The molecule has 0 bridgehead atoms. The van der Waals surface area contributed by atoms with Crippen LogP contribution in [0.4, 0.5) is 4.79 Å². The molecule has 0 aliphatic heterocycles. The van der Waals surface area contributed by atoms with E-state index in [9.17, 15) is 21.6 Å². The van der Waals surface area contributed by atoms with Gasteiger partial charge in [-0.3, -0.25) is 4.40 Å². The number of benzene rings is 1. The number of fused-ring (bicyclic) bond motifs is 1. The first-order chi connectivity index (χ1) is 14.1. The summed E-state index contributed by atoms with van der Waals surface area (Å²) in [4.78, 5) is 16.0. The second kappa shape index (κ2) is 8.32. The summed E-state index contributed by atoms with van der Waals surface area (Å²) >= 11 is 0. The first-order valence-electron chi connectivity index (χ1n) is 8.76. The quantitative estimate of drug-likeness (QED) is 0.574. The van der Waals surface area contributed by atoms with E-state index in [1.165, 1.54) is 30.5 Å². The lowest BCUT2D eigenvalue weighted by Gasteiger charge is -2.10. The molecule has 2 heterocycles. The highest BCUT2D eigenvalue weighted by Gasteiger charge is 2.32. The van der Waals surface area contributed by atoms with Crippen LogP contribution in [0.3, 0.4) is 0 Å². The van der Waals surface area contributed by atoms with Gasteiger partial charge in [-0.25, -0.2) is 22.9 Å². The number of pyridine rings is 1. The van der Waals surface area contributed by atoms with E-state index >= 15 is 0 Å². The van der Waals surface area contributed by atoms with Crippen LogP contribution in [-0.2, 0) is 19.9 Å². The number of sulfonamides is 1. The summed E-state index contributed by atoms with van der Waals surface area (Å²) < 4.78 is 63.4. The Morgan fingerprint density at radius 2 is 1.77 bits per heavy atom. The van der Waals surface area contributed by atoms with Crippen molar-refractivity contribution in [3.05, 3.63) is 48.7 Å². The van der Waals surface area contributed by atoms with Crippen LogP contribution in [0.1, 0.15) is 13.3 Å². The Morgan fingerprint density at radius 1 is 1.07 bits per heavy atom. The molecule has 0 radical (unpaired) electrons. The van der Waals surface area contributed by atoms with Gasteiger partial charge in [0.05, 0.1) is 12.8 Å². The van der Waals surface area contributed by atoms with E-state index < -0.39 is 36.0 Å². The van der Waals surface area contributed by atoms with Gasteiger partial charge in [-0.2, -0.15) is 8.42 Å². The van der Waals surface area contributed by atoms with Crippen molar-refractivity contribution in [2.45, 2.75) is 23.4 Å². The van der Waals surface area contributed by atoms with Gasteiger partial charge >= 0.3 is 6.09 Å². The number of amides is 1. The zero-order chi connectivity index (χ0) is 21.9. The fourth-order valence-electron chi connectivity index (χ4n) is 2.55. The number of aromatic nitrogens is 2. The number of hydrogen-bond acceptors (Lipinski definition) is 8. The zero-order valence-electron chi connectivity index (χ0n) is 16.1. The van der Waals surface area contributed by atoms with Gasteiger partial charge in [-0.15, -0.1) is 0 Å². The molecule has 3 rings (SSSR count). The third kappa shape index (κ3) is 4.71. The molecular formula is C18H19N3O7S2. The van der Waals surface area contributed by atoms with Gasteiger partial charge < -0.3 is 9.47 Å². The predicted molar refractivity (Wildman–Crippen MR) is 107 cm³/mol. The van der Waals surface area contributed by atoms with Gasteiger partial charge in [-0.05, 0) is 30.7 Å². The Morgan fingerprint density at radius 3 is 2.40 bits per heavy atom. The molecular weight excluding hydrogens is 434 g/mol. The number of nitrogens with zero attached hydrogens (tertiary/aromatic N) is 2. The highest BCUT2D eigenvalue weighted by Crippen LogP contribution is 2.25. The van der Waals surface area contributed by atoms with Gasteiger partial charge in [0.2, 0.25) is 0 Å². The Labute approximate surface area is 173 Å². The summed E-state index contributed by atoms with van der Waals surface area (Å²) in [5.41, 5.74) is 0.0519. The lowest BCUT2D eigenvalue weighted by molar-refractivity contribution is 0.206. The molecule has 0 spiro atoms. The van der Waals surface area contributed by atoms with Crippen molar-refractivity contribution < 1.29 is 31.1 Å². The van der Waals surface area contributed by atoms with Crippen molar-refractivity contribution in [1.82, 2.24) is 14.1 Å². The van der Waals surface area contributed by atoms with Crippen LogP contribution in [0.15, 0.2) is 58.7 Å². The van der Waals surface area contributed by atoms with Crippen molar-refractivity contribution in [3.8, 4) is 11.5 Å². The number of imidazole rings is 1. The van der Waals surface area contributed by atoms with Crippen LogP contribution in [0.2, 0.25) is 0 Å². The molecule has 160 valence electrons. The molecule has 0 atom stereocenters. The molecule has 3 aromatic rings. The molecule has 0 fully saturated rings. The number of sulfone groups is 1. The van der Waals surface area contributed by atoms with E-state index in [0.717, 1.165) is 10.7 Å². The second-order valence-corrected chi connectivity index (χ2v) is 9.77. The number of hydrogen-bond donors (Lipinski definition) is 1. The van der Waals surface area contributed by atoms with E-state index in [4.69, 9.17) is 9.47 Å². The summed E-state index contributed by atoms with van der Waals surface area (Å²) in [5.74, 6) is 0.423. The fourth-order valence-corrected chi connectivity index (χ4v) is 5.04. The smallest absolute Gasteiger partial charge is 0.426 e. The molecule has 1 aromatic carbocycles. The van der Waals surface area contributed by atoms with Crippen molar-refractivity contribution in [1.29, 1.82) is 0 Å². The van der Waals surface area contributed by atoms with Crippen LogP contribution in [0.25, 0.3) is 5.65 Å². The normalized spacial score (nSPS) is 11.9. The maximum atomic E-state index is 12.9. The molecule has 0 unspecified atom stereocenters. The topological polar surface area (TPSA) is 133 Å². The van der Waals surface area contributed by atoms with Gasteiger partial charge in [0.1, 0.15) is 17.1 Å². The molecule has 1 amide bonds. The Hall–Kier alpha value is -3.12. The molecule has 0 aliphatic carbocycles. The third-order valence-electron chi connectivity index (χ3n) is 3.77. The van der Waals surface area contributed by atoms with E-state index in [2.05, 4.69) is 4.98 Å². The van der Waals surface area contributed by atoms with Gasteiger partial charge in [0.25, 0.3) is 10.0 Å². The number of nitrogens with one attached hydrogen (secondary N) is 1. The SMILES string of the molecule is CCCOc1ccc2nc(S(C)(=O)=O)c(S(=O)(=O)NC(=O)Oc3ccccc3)n2c1. The number of carbonyl (C=O) groups excluding carboxylic acids is 1. The van der Waals surface area contributed by atoms with Crippen molar-refractivity contribution >= 4 is 31.6 Å². The lowest BCUT2D eigenvalue weighted by atomic mass is 10.3. The molecule has 1 N–H and O–H groups in total. The van der Waals surface area contributed by atoms with Crippen LogP contribution in [0.5, 0.6) is 11.5 Å². The number of ether oxygens (including phenoxy) is 2. The van der Waals surface area contributed by atoms with Crippen molar-refractivity contribution in [3.63, 3.8) is 0 Å². The van der Waals surface area contributed by atoms with E-state index in [1.54, 1.807) is 22.9 Å². The minimum absolute atomic E-state index is 0.0519. The molecule has 30 heavy (non-hydrogen) atoms. The Kier molecular flexibility index (Phi) is 5.99. The van der Waals surface area contributed by atoms with Gasteiger partial charge in [0, 0.05) is 6.26 Å². The fraction of sp³-hybridized carbons (Fsp3) is 0.222. The summed E-state index contributed by atoms with van der Waals surface area (Å²) in [7, 11) is -8.72. The van der Waals surface area contributed by atoms with Crippen molar-refractivity contribution in [2.75, 3.05) is 12.9 Å². The first kappa shape index (κ1) is 21.6.